The highest BCUT2D eigenvalue weighted by Crippen LogP contribution is 2.57. The highest BCUT2D eigenvalue weighted by atomic mass is 16.5. The lowest BCUT2D eigenvalue weighted by atomic mass is 9.51. The van der Waals surface area contributed by atoms with E-state index in [2.05, 4.69) is 5.32 Å². The van der Waals surface area contributed by atoms with Crippen molar-refractivity contribution < 1.29 is 14.6 Å². The number of amides is 1. The predicted octanol–water partition coefficient (Wildman–Crippen LogP) is 4.42. The fourth-order valence-corrected chi connectivity index (χ4v) is 6.28. The Balaban J connectivity index is 1.26. The summed E-state index contributed by atoms with van der Waals surface area (Å²) in [7, 11) is 0. The van der Waals surface area contributed by atoms with Crippen molar-refractivity contribution in [2.45, 2.75) is 64.4 Å². The molecule has 28 heavy (non-hydrogen) atoms. The minimum absolute atomic E-state index is 0.111. The van der Waals surface area contributed by atoms with Crippen LogP contribution in [0.4, 0.5) is 0 Å². The first kappa shape index (κ1) is 19.8. The van der Waals surface area contributed by atoms with Crippen LogP contribution in [0.1, 0.15) is 68.6 Å². The minimum Gasteiger partial charge on any atom is -0.490 e. The molecule has 1 aromatic carbocycles. The Bertz CT molecular complexity index is 646. The summed E-state index contributed by atoms with van der Waals surface area (Å²) >= 11 is 0. The van der Waals surface area contributed by atoms with Gasteiger partial charge in [0.05, 0.1) is 11.7 Å². The van der Waals surface area contributed by atoms with Gasteiger partial charge in [0.1, 0.15) is 12.4 Å². The van der Waals surface area contributed by atoms with Crippen molar-refractivity contribution in [1.29, 1.82) is 0 Å². The lowest BCUT2D eigenvalue weighted by molar-refractivity contribution is -0.0453. The molecular formula is C24H35NO3. The first-order valence-corrected chi connectivity index (χ1v) is 11.3. The second-order valence-electron chi connectivity index (χ2n) is 9.39. The fraction of sp³-hybridized carbons (Fsp3) is 0.708. The number of aliphatic hydroxyl groups is 1. The molecule has 1 unspecified atom stereocenters. The third-order valence-electron chi connectivity index (χ3n) is 7.35. The fourth-order valence-electron chi connectivity index (χ4n) is 6.28. The van der Waals surface area contributed by atoms with Crippen LogP contribution >= 0.6 is 0 Å². The van der Waals surface area contributed by atoms with E-state index in [4.69, 9.17) is 4.74 Å². The van der Waals surface area contributed by atoms with Crippen molar-refractivity contribution in [3.8, 4) is 5.75 Å². The molecular weight excluding hydrogens is 350 g/mol. The summed E-state index contributed by atoms with van der Waals surface area (Å²) < 4.78 is 5.85. The smallest absolute Gasteiger partial charge is 0.255 e. The van der Waals surface area contributed by atoms with Gasteiger partial charge in [0.15, 0.2) is 0 Å². The third-order valence-corrected chi connectivity index (χ3v) is 7.35. The Hall–Kier alpha value is -1.55. The summed E-state index contributed by atoms with van der Waals surface area (Å²) in [6, 6.07) is 7.30. The monoisotopic (exact) mass is 385 g/mol. The van der Waals surface area contributed by atoms with Gasteiger partial charge in [-0.15, -0.1) is 0 Å². The molecule has 0 aliphatic heterocycles. The lowest BCUT2D eigenvalue weighted by Crippen LogP contribution is -2.45. The zero-order valence-electron chi connectivity index (χ0n) is 17.1. The molecule has 1 aromatic rings. The van der Waals surface area contributed by atoms with Crippen molar-refractivity contribution in [3.05, 3.63) is 29.8 Å². The Morgan fingerprint density at radius 3 is 2.50 bits per heavy atom. The van der Waals surface area contributed by atoms with E-state index in [1.54, 1.807) is 6.07 Å². The summed E-state index contributed by atoms with van der Waals surface area (Å²) in [4.78, 5) is 12.3. The van der Waals surface area contributed by atoms with E-state index in [1.807, 2.05) is 25.1 Å². The normalized spacial score (nSPS) is 31.6. The molecule has 0 radical (unpaired) electrons. The van der Waals surface area contributed by atoms with Crippen LogP contribution in [0.25, 0.3) is 0 Å². The molecule has 4 heteroatoms. The molecule has 0 aromatic heterocycles. The molecule has 0 saturated heterocycles. The van der Waals surface area contributed by atoms with Crippen LogP contribution in [0.3, 0.4) is 0 Å². The number of ether oxygens (including phenoxy) is 1. The maximum absolute atomic E-state index is 12.3. The molecule has 1 atom stereocenters. The summed E-state index contributed by atoms with van der Waals surface area (Å²) in [5.74, 6) is 5.09. The molecule has 4 saturated carbocycles. The van der Waals surface area contributed by atoms with Crippen molar-refractivity contribution in [2.24, 2.45) is 29.6 Å². The van der Waals surface area contributed by atoms with E-state index in [0.717, 1.165) is 48.9 Å². The van der Waals surface area contributed by atoms with Gasteiger partial charge in [0.25, 0.3) is 5.91 Å². The summed E-state index contributed by atoms with van der Waals surface area (Å²) in [6.45, 7) is 2.94. The number of rotatable bonds is 9. The first-order valence-electron chi connectivity index (χ1n) is 11.3. The number of nitrogens with one attached hydrogen (secondary N) is 1. The number of carbonyl (C=O) groups excluding carboxylic acids is 1. The first-order chi connectivity index (χ1) is 13.6. The zero-order valence-corrected chi connectivity index (χ0v) is 17.1. The molecule has 0 heterocycles. The van der Waals surface area contributed by atoms with Crippen LogP contribution in [-0.4, -0.2) is 30.3 Å². The van der Waals surface area contributed by atoms with Crippen molar-refractivity contribution in [1.82, 2.24) is 5.32 Å². The summed E-state index contributed by atoms with van der Waals surface area (Å²) in [5, 5.41) is 13.4. The number of hydrogen-bond acceptors (Lipinski definition) is 3. The van der Waals surface area contributed by atoms with Crippen molar-refractivity contribution in [3.63, 3.8) is 0 Å². The molecule has 1 amide bonds. The van der Waals surface area contributed by atoms with Crippen LogP contribution in [0, 0.1) is 29.6 Å². The topological polar surface area (TPSA) is 58.6 Å². The van der Waals surface area contributed by atoms with Crippen LogP contribution < -0.4 is 10.1 Å². The molecule has 2 N–H and O–H groups in total. The summed E-state index contributed by atoms with van der Waals surface area (Å²) in [5.41, 5.74) is 0.546. The third kappa shape index (κ3) is 4.37. The zero-order chi connectivity index (χ0) is 19.5. The van der Waals surface area contributed by atoms with E-state index in [0.29, 0.717) is 17.9 Å². The average Bonchev–Trinajstić information content (AvgIpc) is 2.69. The van der Waals surface area contributed by atoms with Crippen LogP contribution in [-0.2, 0) is 0 Å². The Kier molecular flexibility index (Phi) is 6.25. The van der Waals surface area contributed by atoms with Gasteiger partial charge >= 0.3 is 0 Å². The van der Waals surface area contributed by atoms with Gasteiger partial charge in [-0.3, -0.25) is 4.79 Å². The maximum Gasteiger partial charge on any atom is 0.255 e. The number of aliphatic hydroxyl groups excluding tert-OH is 1. The van der Waals surface area contributed by atoms with Gasteiger partial charge in [-0.1, -0.05) is 19.1 Å². The van der Waals surface area contributed by atoms with E-state index in [9.17, 15) is 9.90 Å². The number of para-hydroxylation sites is 1. The number of carbonyl (C=O) groups is 1. The molecule has 4 aliphatic rings. The number of hydrogen-bond donors (Lipinski definition) is 2. The highest BCUT2D eigenvalue weighted by Gasteiger charge is 2.47. The van der Waals surface area contributed by atoms with Gasteiger partial charge in [0, 0.05) is 6.54 Å². The molecule has 4 bridgehead atoms. The molecule has 4 nitrogen and oxygen atoms in total. The average molecular weight is 386 g/mol. The molecule has 0 spiro atoms. The Morgan fingerprint density at radius 2 is 1.82 bits per heavy atom. The van der Waals surface area contributed by atoms with Gasteiger partial charge in [-0.05, 0) is 93.1 Å². The second kappa shape index (κ2) is 8.86. The van der Waals surface area contributed by atoms with Gasteiger partial charge in [-0.25, -0.2) is 0 Å². The Labute approximate surface area is 169 Å². The van der Waals surface area contributed by atoms with Gasteiger partial charge < -0.3 is 15.2 Å². The largest absolute Gasteiger partial charge is 0.490 e. The minimum atomic E-state index is -0.469. The number of benzene rings is 1. The highest BCUT2D eigenvalue weighted by molar-refractivity contribution is 5.96. The van der Waals surface area contributed by atoms with Crippen LogP contribution in [0.15, 0.2) is 24.3 Å². The maximum atomic E-state index is 12.3. The SMILES string of the molecule is CCCNC(=O)c1ccccc1OCC(O)CCC1C2CC3CC(C2)CC1C3. The van der Waals surface area contributed by atoms with Crippen molar-refractivity contribution in [2.75, 3.05) is 13.2 Å². The van der Waals surface area contributed by atoms with E-state index in [1.165, 1.54) is 32.1 Å². The Morgan fingerprint density at radius 1 is 1.14 bits per heavy atom. The standard InChI is InChI=1S/C24H35NO3/c1-2-9-25-24(27)22-5-3-4-6-23(22)28-15-20(26)7-8-21-18-11-16-10-17(13-18)14-19(21)12-16/h3-6,16-21,26H,2,7-15H2,1H3,(H,25,27). The van der Waals surface area contributed by atoms with Gasteiger partial charge in [0.2, 0.25) is 0 Å². The van der Waals surface area contributed by atoms with Gasteiger partial charge in [-0.2, -0.15) is 0 Å². The van der Waals surface area contributed by atoms with E-state index < -0.39 is 6.10 Å². The van der Waals surface area contributed by atoms with Crippen molar-refractivity contribution >= 4 is 5.91 Å². The molecule has 4 fully saturated rings. The quantitative estimate of drug-likeness (QED) is 0.662. The summed E-state index contributed by atoms with van der Waals surface area (Å²) in [6.07, 6.45) is 9.59. The molecule has 4 aliphatic carbocycles. The van der Waals surface area contributed by atoms with Crippen LogP contribution in [0.5, 0.6) is 5.75 Å². The van der Waals surface area contributed by atoms with E-state index >= 15 is 0 Å². The lowest BCUT2D eigenvalue weighted by Gasteiger charge is -2.54. The predicted molar refractivity (Wildman–Crippen MR) is 110 cm³/mol. The van der Waals surface area contributed by atoms with E-state index in [-0.39, 0.29) is 12.5 Å². The molecule has 154 valence electrons. The molecule has 5 rings (SSSR count). The van der Waals surface area contributed by atoms with Crippen LogP contribution in [0.2, 0.25) is 0 Å². The second-order valence-corrected chi connectivity index (χ2v) is 9.39.